The molecular weight excluding hydrogens is 588 g/mol. The van der Waals surface area contributed by atoms with Gasteiger partial charge in [-0.1, -0.05) is 0 Å². The molecule has 236 valence electrons. The molecule has 1 N–H and O–H groups in total. The zero-order valence-electron chi connectivity index (χ0n) is 23.6. The lowest BCUT2D eigenvalue weighted by atomic mass is 10.2. The molecule has 2 rings (SSSR count). The maximum atomic E-state index is 12.2. The van der Waals surface area contributed by atoms with Gasteiger partial charge in [-0.05, 0) is 48.5 Å². The van der Waals surface area contributed by atoms with Crippen molar-refractivity contribution in [2.75, 3.05) is 63.3 Å². The second kappa shape index (κ2) is 18.7. The smallest absolute Gasteiger partial charge is 0.344 e. The minimum atomic E-state index is -1.01. The van der Waals surface area contributed by atoms with Gasteiger partial charge in [0.2, 0.25) is 0 Å². The van der Waals surface area contributed by atoms with Gasteiger partial charge in [-0.3, -0.25) is 14.4 Å². The third-order valence-electron chi connectivity index (χ3n) is 5.44. The molecule has 0 heterocycles. The molecule has 0 aliphatic carbocycles. The van der Waals surface area contributed by atoms with E-state index in [0.717, 1.165) is 0 Å². The van der Waals surface area contributed by atoms with Gasteiger partial charge in [-0.2, -0.15) is 0 Å². The number of benzene rings is 2. The molecule has 0 fully saturated rings. The number of aliphatic carboxylic acids is 1. The Morgan fingerprint density at radius 1 is 0.682 bits per heavy atom. The van der Waals surface area contributed by atoms with E-state index in [0.29, 0.717) is 11.4 Å². The predicted molar refractivity (Wildman–Crippen MR) is 147 cm³/mol. The molecule has 0 aromatic heterocycles. The van der Waals surface area contributed by atoms with Crippen molar-refractivity contribution in [3.63, 3.8) is 0 Å². The number of hydrogen-bond donors (Lipinski definition) is 1. The number of ether oxygens (including phenoxy) is 6. The van der Waals surface area contributed by atoms with Crippen LogP contribution in [0.5, 0.6) is 0 Å². The number of carbonyl (C=O) groups is 7. The topological polar surface area (TPSA) is 202 Å². The number of likely N-dealkylation sites (N-methyl/N-ethyl adjacent to an activating group) is 1. The minimum absolute atomic E-state index is 0.113. The van der Waals surface area contributed by atoms with E-state index in [-0.39, 0.29) is 63.7 Å². The van der Waals surface area contributed by atoms with Gasteiger partial charge >= 0.3 is 29.8 Å². The summed E-state index contributed by atoms with van der Waals surface area (Å²) in [6, 6.07) is 11.7. The molecule has 16 nitrogen and oxygen atoms in total. The van der Waals surface area contributed by atoms with E-state index < -0.39 is 43.1 Å². The Bertz CT molecular complexity index is 1270. The SMILES string of the molecule is CN(CC(=O)O)c1ccc(C(=O)OCC(=O)OCCCOC(=O)COC(=O)c2ccc(N(COC=O)COC=O)cc2)cc1. The summed E-state index contributed by atoms with van der Waals surface area (Å²) in [4.78, 5) is 82.5. The van der Waals surface area contributed by atoms with E-state index in [1.54, 1.807) is 7.05 Å². The Morgan fingerprint density at radius 3 is 1.52 bits per heavy atom. The first-order valence-electron chi connectivity index (χ1n) is 12.8. The first-order chi connectivity index (χ1) is 21.1. The van der Waals surface area contributed by atoms with Gasteiger partial charge in [0, 0.05) is 24.8 Å². The van der Waals surface area contributed by atoms with Crippen LogP contribution in [0.25, 0.3) is 0 Å². The molecule has 44 heavy (non-hydrogen) atoms. The number of nitrogens with zero attached hydrogens (tertiary/aromatic N) is 2. The van der Waals surface area contributed by atoms with Crippen LogP contribution < -0.4 is 9.80 Å². The first kappa shape index (κ1) is 34.5. The van der Waals surface area contributed by atoms with Gasteiger partial charge < -0.3 is 43.3 Å². The van der Waals surface area contributed by atoms with E-state index in [2.05, 4.69) is 9.47 Å². The molecule has 0 saturated carbocycles. The van der Waals surface area contributed by atoms with Gasteiger partial charge in [-0.15, -0.1) is 0 Å². The lowest BCUT2D eigenvalue weighted by Crippen LogP contribution is -2.28. The molecule has 0 bridgehead atoms. The number of hydrogen-bond acceptors (Lipinski definition) is 15. The van der Waals surface area contributed by atoms with Crippen molar-refractivity contribution in [1.29, 1.82) is 0 Å². The van der Waals surface area contributed by atoms with Crippen LogP contribution in [0, 0.1) is 0 Å². The Morgan fingerprint density at radius 2 is 1.11 bits per heavy atom. The summed E-state index contributed by atoms with van der Waals surface area (Å²) in [7, 11) is 1.58. The minimum Gasteiger partial charge on any atom is -0.480 e. The summed E-state index contributed by atoms with van der Waals surface area (Å²) in [5.74, 6) is -4.24. The number of esters is 4. The van der Waals surface area contributed by atoms with E-state index >= 15 is 0 Å². The van der Waals surface area contributed by atoms with Crippen molar-refractivity contribution < 1.29 is 67.1 Å². The van der Waals surface area contributed by atoms with Gasteiger partial charge in [0.25, 0.3) is 12.9 Å². The number of anilines is 2. The lowest BCUT2D eigenvalue weighted by Gasteiger charge is -2.22. The average molecular weight is 619 g/mol. The van der Waals surface area contributed by atoms with Gasteiger partial charge in [0.15, 0.2) is 26.7 Å². The van der Waals surface area contributed by atoms with Crippen molar-refractivity contribution >= 4 is 54.2 Å². The van der Waals surface area contributed by atoms with Crippen LogP contribution in [0.15, 0.2) is 48.5 Å². The van der Waals surface area contributed by atoms with E-state index in [1.807, 2.05) is 0 Å². The first-order valence-corrected chi connectivity index (χ1v) is 12.8. The fourth-order valence-electron chi connectivity index (χ4n) is 3.31. The molecular formula is C28H30N2O14. The molecule has 0 aliphatic rings. The molecule has 0 radical (unpaired) electrons. The zero-order valence-corrected chi connectivity index (χ0v) is 23.6. The second-order valence-electron chi connectivity index (χ2n) is 8.61. The maximum absolute atomic E-state index is 12.2. The monoisotopic (exact) mass is 618 g/mol. The quantitative estimate of drug-likeness (QED) is 0.0716. The van der Waals surface area contributed by atoms with E-state index in [1.165, 1.54) is 58.3 Å². The molecule has 0 aliphatic heterocycles. The average Bonchev–Trinajstić information content (AvgIpc) is 3.02. The highest BCUT2D eigenvalue weighted by Gasteiger charge is 2.15. The second-order valence-corrected chi connectivity index (χ2v) is 8.61. The molecule has 0 spiro atoms. The van der Waals surface area contributed by atoms with Crippen LogP contribution in [0.2, 0.25) is 0 Å². The summed E-state index contributed by atoms with van der Waals surface area (Å²) < 4.78 is 28.9. The molecule has 2 aromatic carbocycles. The summed E-state index contributed by atoms with van der Waals surface area (Å²) in [6.45, 7) is -1.75. The van der Waals surface area contributed by atoms with Gasteiger partial charge in [0.05, 0.1) is 24.3 Å². The Labute approximate surface area is 250 Å². The van der Waals surface area contributed by atoms with Crippen molar-refractivity contribution in [1.82, 2.24) is 0 Å². The van der Waals surface area contributed by atoms with Crippen molar-refractivity contribution in [3.8, 4) is 0 Å². The van der Waals surface area contributed by atoms with Crippen LogP contribution in [0.4, 0.5) is 11.4 Å². The van der Waals surface area contributed by atoms with Crippen molar-refractivity contribution in [2.45, 2.75) is 6.42 Å². The third kappa shape index (κ3) is 12.5. The van der Waals surface area contributed by atoms with Crippen molar-refractivity contribution in [2.24, 2.45) is 0 Å². The number of carboxylic acid groups (broad SMARTS) is 1. The molecule has 0 atom stereocenters. The van der Waals surface area contributed by atoms with Crippen LogP contribution in [-0.2, 0) is 52.4 Å². The van der Waals surface area contributed by atoms with E-state index in [9.17, 15) is 33.6 Å². The third-order valence-corrected chi connectivity index (χ3v) is 5.44. The molecule has 0 amide bonds. The number of rotatable bonds is 20. The molecule has 0 unspecified atom stereocenters. The highest BCUT2D eigenvalue weighted by atomic mass is 16.6. The van der Waals surface area contributed by atoms with Crippen LogP contribution in [-0.4, -0.2) is 101 Å². The molecule has 2 aromatic rings. The van der Waals surface area contributed by atoms with Crippen LogP contribution in [0.3, 0.4) is 0 Å². The predicted octanol–water partition coefficient (Wildman–Crippen LogP) is 0.765. The highest BCUT2D eigenvalue weighted by Crippen LogP contribution is 2.16. The van der Waals surface area contributed by atoms with Crippen LogP contribution >= 0.6 is 0 Å². The van der Waals surface area contributed by atoms with E-state index in [4.69, 9.17) is 24.1 Å². The summed E-state index contributed by atoms with van der Waals surface area (Å²) in [5, 5.41) is 8.84. The fourth-order valence-corrected chi connectivity index (χ4v) is 3.31. The standard InChI is InChI=1S/C28H30N2O14/c1-29(13-24(33)34)22-7-3-20(4-8-22)27(37)43-14-25(35)41-11-2-12-42-26(36)15-44-28(38)21-5-9-23(10-6-21)30(16-39-18-31)17-40-19-32/h3-10,18-19H,2,11-17H2,1H3,(H,33,34). The van der Waals surface area contributed by atoms with Crippen molar-refractivity contribution in [3.05, 3.63) is 59.7 Å². The summed E-state index contributed by atoms with van der Waals surface area (Å²) >= 11 is 0. The van der Waals surface area contributed by atoms with Crippen LogP contribution in [0.1, 0.15) is 27.1 Å². The van der Waals surface area contributed by atoms with Gasteiger partial charge in [-0.25, -0.2) is 19.2 Å². The lowest BCUT2D eigenvalue weighted by molar-refractivity contribution is -0.150. The normalized spacial score (nSPS) is 10.0. The summed E-state index contributed by atoms with van der Waals surface area (Å²) in [6.07, 6.45) is 0.129. The van der Waals surface area contributed by atoms with Gasteiger partial charge in [0.1, 0.15) is 6.54 Å². The molecule has 0 saturated heterocycles. The maximum Gasteiger partial charge on any atom is 0.344 e. The largest absolute Gasteiger partial charge is 0.480 e. The number of carboxylic acids is 1. The Hall–Kier alpha value is -5.67. The Balaban J connectivity index is 1.62. The Kier molecular flexibility index (Phi) is 14.7. The molecule has 16 heteroatoms. The zero-order chi connectivity index (χ0) is 32.3. The fraction of sp³-hybridized carbons (Fsp3) is 0.321. The number of carbonyl (C=O) groups excluding carboxylic acids is 6. The summed E-state index contributed by atoms with van der Waals surface area (Å²) in [5.41, 5.74) is 1.31. The highest BCUT2D eigenvalue weighted by molar-refractivity contribution is 5.92.